The second-order valence-corrected chi connectivity index (χ2v) is 4.33. The molecule has 1 unspecified atom stereocenters. The standard InChI is InChI=1S/C12H15NO2/c1-7(2)12(15)8-3-4-10-9(5-8)6-11(14)13-10/h3-5,7,12,15H,6H2,1-2H3,(H,13,14). The fourth-order valence-electron chi connectivity index (χ4n) is 1.82. The number of carbonyl (C=O) groups excluding carboxylic acids is 1. The second kappa shape index (κ2) is 3.66. The number of aliphatic hydroxyl groups excluding tert-OH is 1. The summed E-state index contributed by atoms with van der Waals surface area (Å²) in [6, 6.07) is 5.65. The fourth-order valence-corrected chi connectivity index (χ4v) is 1.82. The normalized spacial score (nSPS) is 16.4. The molecule has 1 aromatic rings. The maximum atomic E-state index is 11.1. The minimum Gasteiger partial charge on any atom is -0.388 e. The third kappa shape index (κ3) is 1.88. The molecule has 1 heterocycles. The largest absolute Gasteiger partial charge is 0.388 e. The lowest BCUT2D eigenvalue weighted by Gasteiger charge is -2.15. The van der Waals surface area contributed by atoms with Crippen LogP contribution < -0.4 is 5.32 Å². The van der Waals surface area contributed by atoms with Crippen LogP contribution in [0.5, 0.6) is 0 Å². The topological polar surface area (TPSA) is 49.3 Å². The van der Waals surface area contributed by atoms with Gasteiger partial charge in [-0.05, 0) is 23.1 Å². The highest BCUT2D eigenvalue weighted by molar-refractivity contribution is 5.99. The third-order valence-corrected chi connectivity index (χ3v) is 2.73. The van der Waals surface area contributed by atoms with Crippen molar-refractivity contribution in [3.05, 3.63) is 29.3 Å². The van der Waals surface area contributed by atoms with Gasteiger partial charge in [0.15, 0.2) is 0 Å². The van der Waals surface area contributed by atoms with Gasteiger partial charge in [-0.3, -0.25) is 4.79 Å². The first-order valence-electron chi connectivity index (χ1n) is 5.18. The van der Waals surface area contributed by atoms with E-state index in [9.17, 15) is 9.90 Å². The van der Waals surface area contributed by atoms with Crippen LogP contribution in [0.2, 0.25) is 0 Å². The molecule has 0 radical (unpaired) electrons. The number of hydrogen-bond donors (Lipinski definition) is 2. The summed E-state index contributed by atoms with van der Waals surface area (Å²) in [4.78, 5) is 11.1. The Morgan fingerprint density at radius 2 is 2.13 bits per heavy atom. The molecule has 3 nitrogen and oxygen atoms in total. The number of fused-ring (bicyclic) bond motifs is 1. The molecule has 1 amide bonds. The predicted molar refractivity (Wildman–Crippen MR) is 58.6 cm³/mol. The highest BCUT2D eigenvalue weighted by Gasteiger charge is 2.20. The lowest BCUT2D eigenvalue weighted by Crippen LogP contribution is -2.05. The number of carbonyl (C=O) groups is 1. The first kappa shape index (κ1) is 10.2. The predicted octanol–water partition coefficient (Wildman–Crippen LogP) is 1.87. The molecule has 0 aliphatic carbocycles. The highest BCUT2D eigenvalue weighted by atomic mass is 16.3. The average molecular weight is 205 g/mol. The van der Waals surface area contributed by atoms with Crippen molar-refractivity contribution in [2.24, 2.45) is 5.92 Å². The zero-order chi connectivity index (χ0) is 11.0. The van der Waals surface area contributed by atoms with Crippen LogP contribution in [0.1, 0.15) is 31.1 Å². The minimum atomic E-state index is -0.453. The van der Waals surface area contributed by atoms with Crippen molar-refractivity contribution >= 4 is 11.6 Å². The van der Waals surface area contributed by atoms with Crippen molar-refractivity contribution in [2.45, 2.75) is 26.4 Å². The van der Waals surface area contributed by atoms with Gasteiger partial charge < -0.3 is 10.4 Å². The molecule has 0 bridgehead atoms. The van der Waals surface area contributed by atoms with E-state index >= 15 is 0 Å². The number of nitrogens with one attached hydrogen (secondary N) is 1. The van der Waals surface area contributed by atoms with Crippen LogP contribution in [0.15, 0.2) is 18.2 Å². The van der Waals surface area contributed by atoms with Gasteiger partial charge in [0, 0.05) is 5.69 Å². The summed E-state index contributed by atoms with van der Waals surface area (Å²) in [6.07, 6.45) is -0.0282. The van der Waals surface area contributed by atoms with Gasteiger partial charge in [0.25, 0.3) is 0 Å². The molecule has 0 fully saturated rings. The lowest BCUT2D eigenvalue weighted by molar-refractivity contribution is -0.115. The number of hydrogen-bond acceptors (Lipinski definition) is 2. The summed E-state index contributed by atoms with van der Waals surface area (Å²) in [5.41, 5.74) is 2.75. The van der Waals surface area contributed by atoms with Crippen molar-refractivity contribution in [1.29, 1.82) is 0 Å². The summed E-state index contributed by atoms with van der Waals surface area (Å²) < 4.78 is 0. The van der Waals surface area contributed by atoms with E-state index in [0.717, 1.165) is 16.8 Å². The van der Waals surface area contributed by atoms with E-state index in [2.05, 4.69) is 5.32 Å². The maximum absolute atomic E-state index is 11.1. The summed E-state index contributed by atoms with van der Waals surface area (Å²) in [5, 5.41) is 12.7. The number of rotatable bonds is 2. The fraction of sp³-hybridized carbons (Fsp3) is 0.417. The van der Waals surface area contributed by atoms with E-state index in [4.69, 9.17) is 0 Å². The molecule has 3 heteroatoms. The number of benzene rings is 1. The van der Waals surface area contributed by atoms with Gasteiger partial charge in [-0.25, -0.2) is 0 Å². The molecular formula is C12H15NO2. The smallest absolute Gasteiger partial charge is 0.228 e. The summed E-state index contributed by atoms with van der Waals surface area (Å²) in [7, 11) is 0. The third-order valence-electron chi connectivity index (χ3n) is 2.73. The molecule has 2 rings (SSSR count). The maximum Gasteiger partial charge on any atom is 0.228 e. The molecule has 1 atom stereocenters. The molecular weight excluding hydrogens is 190 g/mol. The van der Waals surface area contributed by atoms with Crippen LogP contribution in [0.3, 0.4) is 0 Å². The van der Waals surface area contributed by atoms with E-state index in [0.29, 0.717) is 6.42 Å². The first-order valence-corrected chi connectivity index (χ1v) is 5.18. The highest BCUT2D eigenvalue weighted by Crippen LogP contribution is 2.28. The van der Waals surface area contributed by atoms with Gasteiger partial charge in [-0.2, -0.15) is 0 Å². The molecule has 1 aliphatic rings. The Kier molecular flexibility index (Phi) is 2.49. The Morgan fingerprint density at radius 3 is 2.80 bits per heavy atom. The van der Waals surface area contributed by atoms with Gasteiger partial charge >= 0.3 is 0 Å². The van der Waals surface area contributed by atoms with Crippen molar-refractivity contribution in [1.82, 2.24) is 0 Å². The van der Waals surface area contributed by atoms with Crippen molar-refractivity contribution in [3.63, 3.8) is 0 Å². The van der Waals surface area contributed by atoms with Crippen molar-refractivity contribution in [2.75, 3.05) is 5.32 Å². The van der Waals surface area contributed by atoms with Crippen LogP contribution in [0.25, 0.3) is 0 Å². The number of anilines is 1. The van der Waals surface area contributed by atoms with E-state index in [-0.39, 0.29) is 11.8 Å². The van der Waals surface area contributed by atoms with Gasteiger partial charge in [-0.15, -0.1) is 0 Å². The number of amides is 1. The van der Waals surface area contributed by atoms with Crippen molar-refractivity contribution in [3.8, 4) is 0 Å². The molecule has 2 N–H and O–H groups in total. The van der Waals surface area contributed by atoms with Crippen LogP contribution in [-0.2, 0) is 11.2 Å². The second-order valence-electron chi connectivity index (χ2n) is 4.33. The quantitative estimate of drug-likeness (QED) is 0.774. The molecule has 0 saturated heterocycles. The zero-order valence-electron chi connectivity index (χ0n) is 8.95. The van der Waals surface area contributed by atoms with E-state index < -0.39 is 6.10 Å². The van der Waals surface area contributed by atoms with Gasteiger partial charge in [0.2, 0.25) is 5.91 Å². The Balaban J connectivity index is 2.31. The van der Waals surface area contributed by atoms with Gasteiger partial charge in [-0.1, -0.05) is 26.0 Å². The Labute approximate surface area is 89.1 Å². The Bertz CT molecular complexity index is 399. The summed E-state index contributed by atoms with van der Waals surface area (Å²) in [5.74, 6) is 0.217. The number of aliphatic hydroxyl groups is 1. The monoisotopic (exact) mass is 205 g/mol. The molecule has 15 heavy (non-hydrogen) atoms. The van der Waals surface area contributed by atoms with Crippen LogP contribution in [-0.4, -0.2) is 11.0 Å². The molecule has 0 saturated carbocycles. The Hall–Kier alpha value is -1.35. The first-order chi connectivity index (χ1) is 7.08. The molecule has 1 aromatic carbocycles. The zero-order valence-corrected chi connectivity index (χ0v) is 8.95. The Morgan fingerprint density at radius 1 is 1.40 bits per heavy atom. The molecule has 0 aromatic heterocycles. The van der Waals surface area contributed by atoms with E-state index in [1.54, 1.807) is 0 Å². The van der Waals surface area contributed by atoms with Crippen molar-refractivity contribution < 1.29 is 9.90 Å². The molecule has 80 valence electrons. The lowest BCUT2D eigenvalue weighted by atomic mass is 9.97. The van der Waals surface area contributed by atoms with Gasteiger partial charge in [0.1, 0.15) is 0 Å². The average Bonchev–Trinajstić information content (AvgIpc) is 2.55. The van der Waals surface area contributed by atoms with Crippen LogP contribution in [0.4, 0.5) is 5.69 Å². The molecule has 1 aliphatic heterocycles. The van der Waals surface area contributed by atoms with Gasteiger partial charge in [0.05, 0.1) is 12.5 Å². The van der Waals surface area contributed by atoms with Crippen LogP contribution in [0, 0.1) is 5.92 Å². The molecule has 0 spiro atoms. The van der Waals surface area contributed by atoms with E-state index in [1.165, 1.54) is 0 Å². The summed E-state index contributed by atoms with van der Waals surface area (Å²) >= 11 is 0. The van der Waals surface area contributed by atoms with E-state index in [1.807, 2.05) is 32.0 Å². The summed E-state index contributed by atoms with van der Waals surface area (Å²) in [6.45, 7) is 3.95. The minimum absolute atomic E-state index is 0.0289. The van der Waals surface area contributed by atoms with Crippen LogP contribution >= 0.6 is 0 Å². The SMILES string of the molecule is CC(C)C(O)c1ccc2c(c1)CC(=O)N2.